The molecule has 0 aliphatic rings. The normalized spacial score (nSPS) is 11.0. The lowest BCUT2D eigenvalue weighted by atomic mass is 10.1. The van der Waals surface area contributed by atoms with E-state index in [4.69, 9.17) is 0 Å². The molecule has 0 saturated heterocycles. The number of aromatic nitrogens is 3. The number of benzene rings is 1. The number of nitrogens with zero attached hydrogens (tertiary/aromatic N) is 3. The highest BCUT2D eigenvalue weighted by molar-refractivity contribution is 5.93. The minimum Gasteiger partial charge on any atom is -0.379 e. The lowest BCUT2D eigenvalue weighted by molar-refractivity contribution is 1.08. The van der Waals surface area contributed by atoms with Gasteiger partial charge in [-0.15, -0.1) is 0 Å². The van der Waals surface area contributed by atoms with Crippen molar-refractivity contribution in [3.63, 3.8) is 0 Å². The van der Waals surface area contributed by atoms with Gasteiger partial charge in [-0.05, 0) is 29.7 Å². The summed E-state index contributed by atoms with van der Waals surface area (Å²) in [6.45, 7) is 0.690. The molecule has 0 fully saturated rings. The van der Waals surface area contributed by atoms with Crippen LogP contribution in [0.2, 0.25) is 0 Å². The van der Waals surface area contributed by atoms with Gasteiger partial charge in [0, 0.05) is 35.9 Å². The summed E-state index contributed by atoms with van der Waals surface area (Å²) in [5.41, 5.74) is 3.06. The molecule has 4 rings (SSSR count). The van der Waals surface area contributed by atoms with Crippen LogP contribution >= 0.6 is 0 Å². The molecule has 0 saturated carbocycles. The predicted molar refractivity (Wildman–Crippen MR) is 84.3 cm³/mol. The zero-order valence-corrected chi connectivity index (χ0v) is 11.4. The van der Waals surface area contributed by atoms with E-state index in [1.807, 2.05) is 59.5 Å². The van der Waals surface area contributed by atoms with E-state index in [2.05, 4.69) is 27.4 Å². The van der Waals surface area contributed by atoms with Gasteiger partial charge in [0.25, 0.3) is 0 Å². The quantitative estimate of drug-likeness (QED) is 0.622. The van der Waals surface area contributed by atoms with E-state index >= 15 is 0 Å². The Morgan fingerprint density at radius 3 is 3.00 bits per heavy atom. The van der Waals surface area contributed by atoms with Gasteiger partial charge in [-0.3, -0.25) is 4.98 Å². The summed E-state index contributed by atoms with van der Waals surface area (Å²) in [6.07, 6.45) is 7.76. The van der Waals surface area contributed by atoms with Crippen LogP contribution in [0, 0.1) is 0 Å². The Kier molecular flexibility index (Phi) is 2.78. The van der Waals surface area contributed by atoms with Crippen molar-refractivity contribution in [2.75, 3.05) is 5.32 Å². The highest BCUT2D eigenvalue weighted by Crippen LogP contribution is 2.22. The monoisotopic (exact) mass is 274 g/mol. The number of hydrogen-bond donors (Lipinski definition) is 1. The Morgan fingerprint density at radius 1 is 1.05 bits per heavy atom. The van der Waals surface area contributed by atoms with Crippen molar-refractivity contribution >= 4 is 22.1 Å². The molecule has 0 amide bonds. The minimum atomic E-state index is 0.690. The molecule has 0 radical (unpaired) electrons. The number of rotatable bonds is 3. The second-order valence-electron chi connectivity index (χ2n) is 4.95. The summed E-state index contributed by atoms with van der Waals surface area (Å²) in [5, 5.41) is 5.76. The van der Waals surface area contributed by atoms with E-state index < -0.39 is 0 Å². The van der Waals surface area contributed by atoms with Crippen LogP contribution in [0.3, 0.4) is 0 Å². The van der Waals surface area contributed by atoms with E-state index in [9.17, 15) is 0 Å². The third-order valence-corrected chi connectivity index (χ3v) is 3.56. The molecule has 0 unspecified atom stereocenters. The molecule has 3 heterocycles. The molecule has 1 N–H and O–H groups in total. The topological polar surface area (TPSA) is 42.2 Å². The van der Waals surface area contributed by atoms with E-state index in [0.717, 1.165) is 22.4 Å². The molecule has 1 aromatic carbocycles. The molecule has 0 spiro atoms. The van der Waals surface area contributed by atoms with Crippen LogP contribution in [-0.4, -0.2) is 14.4 Å². The van der Waals surface area contributed by atoms with Crippen LogP contribution < -0.4 is 5.32 Å². The maximum Gasteiger partial charge on any atom is 0.137 e. The number of pyridine rings is 2. The molecule has 3 aromatic heterocycles. The molecular formula is C17H14N4. The molecule has 0 aliphatic carbocycles. The Bertz CT molecular complexity index is 872. The van der Waals surface area contributed by atoms with Crippen LogP contribution in [0.15, 0.2) is 67.3 Å². The molecule has 4 nitrogen and oxygen atoms in total. The molecule has 4 heteroatoms. The molecule has 0 atom stereocenters. The van der Waals surface area contributed by atoms with Gasteiger partial charge in [0.15, 0.2) is 0 Å². The summed E-state index contributed by atoms with van der Waals surface area (Å²) in [7, 11) is 0. The minimum absolute atomic E-state index is 0.690. The molecule has 0 bridgehead atoms. The van der Waals surface area contributed by atoms with Gasteiger partial charge in [-0.25, -0.2) is 4.98 Å². The van der Waals surface area contributed by atoms with Gasteiger partial charge in [0.2, 0.25) is 0 Å². The van der Waals surface area contributed by atoms with Crippen molar-refractivity contribution in [1.82, 2.24) is 14.4 Å². The van der Waals surface area contributed by atoms with Crippen molar-refractivity contribution in [2.45, 2.75) is 6.54 Å². The first-order valence-corrected chi connectivity index (χ1v) is 6.89. The van der Waals surface area contributed by atoms with Gasteiger partial charge in [-0.2, -0.15) is 0 Å². The zero-order chi connectivity index (χ0) is 14.1. The van der Waals surface area contributed by atoms with Crippen molar-refractivity contribution in [2.24, 2.45) is 0 Å². The molecule has 4 aromatic rings. The smallest absolute Gasteiger partial charge is 0.137 e. The predicted octanol–water partition coefficient (Wildman–Crippen LogP) is 3.49. The summed E-state index contributed by atoms with van der Waals surface area (Å²) in [4.78, 5) is 8.80. The third kappa shape index (κ3) is 2.21. The number of hydrogen-bond acceptors (Lipinski definition) is 3. The Morgan fingerprint density at radius 2 is 2.05 bits per heavy atom. The van der Waals surface area contributed by atoms with Gasteiger partial charge in [0.1, 0.15) is 5.65 Å². The number of anilines is 1. The first kappa shape index (κ1) is 11.9. The standard InChI is InChI=1S/C17H14N4/c1-2-9-21-12-14(20-17(21)6-1)10-19-16-5-3-4-13-7-8-18-11-15(13)16/h1-9,11-12,19H,10H2. The first-order chi connectivity index (χ1) is 10.4. The summed E-state index contributed by atoms with van der Waals surface area (Å²) in [6, 6.07) is 14.2. The van der Waals surface area contributed by atoms with Crippen LogP contribution in [-0.2, 0) is 6.54 Å². The third-order valence-electron chi connectivity index (χ3n) is 3.56. The maximum atomic E-state index is 4.59. The second kappa shape index (κ2) is 4.90. The first-order valence-electron chi connectivity index (χ1n) is 6.89. The fourth-order valence-electron chi connectivity index (χ4n) is 2.53. The fourth-order valence-corrected chi connectivity index (χ4v) is 2.53. The fraction of sp³-hybridized carbons (Fsp3) is 0.0588. The summed E-state index contributed by atoms with van der Waals surface area (Å²) < 4.78 is 2.03. The Hall–Kier alpha value is -2.88. The van der Waals surface area contributed by atoms with Crippen molar-refractivity contribution < 1.29 is 0 Å². The largest absolute Gasteiger partial charge is 0.379 e. The molecule has 102 valence electrons. The lowest BCUT2D eigenvalue weighted by Crippen LogP contribution is -2.00. The molecule has 21 heavy (non-hydrogen) atoms. The van der Waals surface area contributed by atoms with E-state index in [-0.39, 0.29) is 0 Å². The Balaban J connectivity index is 1.63. The second-order valence-corrected chi connectivity index (χ2v) is 4.95. The van der Waals surface area contributed by atoms with Gasteiger partial charge < -0.3 is 9.72 Å². The van der Waals surface area contributed by atoms with Gasteiger partial charge in [0.05, 0.1) is 12.2 Å². The van der Waals surface area contributed by atoms with Gasteiger partial charge >= 0.3 is 0 Å². The number of fused-ring (bicyclic) bond motifs is 2. The van der Waals surface area contributed by atoms with Crippen LogP contribution in [0.4, 0.5) is 5.69 Å². The number of imidazole rings is 1. The summed E-state index contributed by atoms with van der Waals surface area (Å²) in [5.74, 6) is 0. The lowest BCUT2D eigenvalue weighted by Gasteiger charge is -2.07. The average molecular weight is 274 g/mol. The SMILES string of the molecule is c1cc(NCc2cn3ccccc3n2)c2cnccc2c1. The zero-order valence-electron chi connectivity index (χ0n) is 11.4. The van der Waals surface area contributed by atoms with Crippen LogP contribution in [0.5, 0.6) is 0 Å². The van der Waals surface area contributed by atoms with Crippen LogP contribution in [0.25, 0.3) is 16.4 Å². The van der Waals surface area contributed by atoms with E-state index in [0.29, 0.717) is 6.54 Å². The highest BCUT2D eigenvalue weighted by Gasteiger charge is 2.03. The van der Waals surface area contributed by atoms with Crippen molar-refractivity contribution in [3.8, 4) is 0 Å². The highest BCUT2D eigenvalue weighted by atomic mass is 15.0. The van der Waals surface area contributed by atoms with Crippen molar-refractivity contribution in [3.05, 3.63) is 72.9 Å². The van der Waals surface area contributed by atoms with Crippen LogP contribution in [0.1, 0.15) is 5.69 Å². The Labute approximate surface area is 122 Å². The van der Waals surface area contributed by atoms with Gasteiger partial charge in [-0.1, -0.05) is 18.2 Å². The summed E-state index contributed by atoms with van der Waals surface area (Å²) >= 11 is 0. The molecule has 0 aliphatic heterocycles. The van der Waals surface area contributed by atoms with E-state index in [1.165, 1.54) is 5.39 Å². The van der Waals surface area contributed by atoms with Crippen molar-refractivity contribution in [1.29, 1.82) is 0 Å². The van der Waals surface area contributed by atoms with E-state index in [1.54, 1.807) is 0 Å². The maximum absolute atomic E-state index is 4.59. The number of nitrogens with one attached hydrogen (secondary N) is 1. The average Bonchev–Trinajstić information content (AvgIpc) is 2.96. The molecular weight excluding hydrogens is 260 g/mol.